The van der Waals surface area contributed by atoms with Crippen LogP contribution < -0.4 is 5.32 Å². The van der Waals surface area contributed by atoms with Gasteiger partial charge in [0, 0.05) is 31.6 Å². The number of nitrogens with one attached hydrogen (secondary N) is 1. The number of carbonyl (C=O) groups is 1. The Morgan fingerprint density at radius 3 is 2.60 bits per heavy atom. The number of nitrogens with zero attached hydrogens (tertiary/aromatic N) is 2. The molecule has 2 heterocycles. The number of aryl methyl sites for hydroxylation is 1. The molecule has 1 aromatic heterocycles. The number of hydrogen-bond acceptors (Lipinski definition) is 4. The molecule has 6 heteroatoms. The van der Waals surface area contributed by atoms with Crippen molar-refractivity contribution < 1.29 is 14.3 Å². The minimum atomic E-state index is -0.370. The average Bonchev–Trinajstić information content (AvgIpc) is 3.02. The van der Waals surface area contributed by atoms with Crippen LogP contribution in [0.5, 0.6) is 0 Å². The largest absolute Gasteiger partial charge is 0.349 e. The van der Waals surface area contributed by atoms with Crippen LogP contribution in [-0.4, -0.2) is 40.7 Å². The molecule has 20 heavy (non-hydrogen) atoms. The molecule has 110 valence electrons. The van der Waals surface area contributed by atoms with E-state index in [4.69, 9.17) is 9.47 Å². The third-order valence-corrected chi connectivity index (χ3v) is 4.38. The van der Waals surface area contributed by atoms with E-state index >= 15 is 0 Å². The van der Waals surface area contributed by atoms with E-state index in [1.807, 2.05) is 14.0 Å². The van der Waals surface area contributed by atoms with Crippen LogP contribution in [0, 0.1) is 6.92 Å². The molecule has 1 saturated carbocycles. The summed E-state index contributed by atoms with van der Waals surface area (Å²) in [4.78, 5) is 12.2. The molecule has 2 fully saturated rings. The Kier molecular flexibility index (Phi) is 3.52. The Balaban J connectivity index is 1.57. The SMILES string of the molecule is Cc1c(C(=O)NC2CCC3(CC2)OCCO3)cnn1C. The fourth-order valence-electron chi connectivity index (χ4n) is 2.97. The van der Waals surface area contributed by atoms with Crippen molar-refractivity contribution in [3.8, 4) is 0 Å². The number of ether oxygens (including phenoxy) is 2. The third-order valence-electron chi connectivity index (χ3n) is 4.38. The van der Waals surface area contributed by atoms with E-state index < -0.39 is 0 Å². The van der Waals surface area contributed by atoms with Gasteiger partial charge in [-0.05, 0) is 19.8 Å². The summed E-state index contributed by atoms with van der Waals surface area (Å²) in [7, 11) is 1.84. The van der Waals surface area contributed by atoms with Gasteiger partial charge in [-0.2, -0.15) is 5.10 Å². The molecule has 0 aromatic carbocycles. The van der Waals surface area contributed by atoms with Gasteiger partial charge in [0.25, 0.3) is 5.91 Å². The molecule has 2 aliphatic rings. The van der Waals surface area contributed by atoms with Crippen molar-refractivity contribution >= 4 is 5.91 Å². The normalized spacial score (nSPS) is 22.3. The third kappa shape index (κ3) is 2.45. The molecule has 0 atom stereocenters. The van der Waals surface area contributed by atoms with Gasteiger partial charge >= 0.3 is 0 Å². The van der Waals surface area contributed by atoms with Crippen molar-refractivity contribution in [2.24, 2.45) is 7.05 Å². The van der Waals surface area contributed by atoms with E-state index in [2.05, 4.69) is 10.4 Å². The topological polar surface area (TPSA) is 65.4 Å². The van der Waals surface area contributed by atoms with Crippen molar-refractivity contribution in [3.05, 3.63) is 17.5 Å². The monoisotopic (exact) mass is 279 g/mol. The van der Waals surface area contributed by atoms with Crippen LogP contribution in [0.4, 0.5) is 0 Å². The maximum Gasteiger partial charge on any atom is 0.254 e. The van der Waals surface area contributed by atoms with Crippen molar-refractivity contribution in [1.29, 1.82) is 0 Å². The number of amides is 1. The minimum Gasteiger partial charge on any atom is -0.349 e. The fourth-order valence-corrected chi connectivity index (χ4v) is 2.97. The zero-order chi connectivity index (χ0) is 14.2. The first-order chi connectivity index (χ1) is 9.60. The molecular formula is C14H21N3O3. The molecule has 1 aromatic rings. The van der Waals surface area contributed by atoms with Gasteiger partial charge in [-0.15, -0.1) is 0 Å². The average molecular weight is 279 g/mol. The molecule has 1 spiro atoms. The predicted molar refractivity (Wildman–Crippen MR) is 72.3 cm³/mol. The van der Waals surface area contributed by atoms with Crippen LogP contribution in [0.15, 0.2) is 6.20 Å². The zero-order valence-corrected chi connectivity index (χ0v) is 12.0. The van der Waals surface area contributed by atoms with Gasteiger partial charge in [0.2, 0.25) is 0 Å². The lowest BCUT2D eigenvalue weighted by Gasteiger charge is -2.35. The lowest BCUT2D eigenvalue weighted by molar-refractivity contribution is -0.179. The highest BCUT2D eigenvalue weighted by molar-refractivity contribution is 5.95. The molecular weight excluding hydrogens is 258 g/mol. The van der Waals surface area contributed by atoms with E-state index in [0.29, 0.717) is 18.8 Å². The van der Waals surface area contributed by atoms with Gasteiger partial charge in [-0.1, -0.05) is 0 Å². The Bertz CT molecular complexity index is 496. The zero-order valence-electron chi connectivity index (χ0n) is 12.0. The van der Waals surface area contributed by atoms with E-state index in [0.717, 1.165) is 31.4 Å². The Labute approximate surface area is 118 Å². The maximum absolute atomic E-state index is 12.2. The van der Waals surface area contributed by atoms with Crippen LogP contribution in [-0.2, 0) is 16.5 Å². The molecule has 3 rings (SSSR count). The molecule has 1 N–H and O–H groups in total. The predicted octanol–water partition coefficient (Wildman–Crippen LogP) is 1.14. The standard InChI is InChI=1S/C14H21N3O3/c1-10-12(9-15-17(10)2)13(18)16-11-3-5-14(6-4-11)19-7-8-20-14/h9,11H,3-8H2,1-2H3,(H,16,18). The van der Waals surface area contributed by atoms with Crippen molar-refractivity contribution in [1.82, 2.24) is 15.1 Å². The summed E-state index contributed by atoms with van der Waals surface area (Å²) >= 11 is 0. The Morgan fingerprint density at radius 1 is 1.40 bits per heavy atom. The first-order valence-electron chi connectivity index (χ1n) is 7.17. The van der Waals surface area contributed by atoms with E-state index in [1.54, 1.807) is 10.9 Å². The van der Waals surface area contributed by atoms with Gasteiger partial charge in [-0.25, -0.2) is 0 Å². The van der Waals surface area contributed by atoms with Gasteiger partial charge in [0.1, 0.15) is 0 Å². The van der Waals surface area contributed by atoms with Crippen LogP contribution >= 0.6 is 0 Å². The number of rotatable bonds is 2. The summed E-state index contributed by atoms with van der Waals surface area (Å²) in [6.45, 7) is 3.27. The molecule has 6 nitrogen and oxygen atoms in total. The summed E-state index contributed by atoms with van der Waals surface area (Å²) in [6, 6.07) is 0.195. The van der Waals surface area contributed by atoms with Crippen LogP contribution in [0.2, 0.25) is 0 Å². The summed E-state index contributed by atoms with van der Waals surface area (Å²) < 4.78 is 13.1. The lowest BCUT2D eigenvalue weighted by Crippen LogP contribution is -2.44. The van der Waals surface area contributed by atoms with Crippen LogP contribution in [0.25, 0.3) is 0 Å². The maximum atomic E-state index is 12.2. The first kappa shape index (κ1) is 13.6. The summed E-state index contributed by atoms with van der Waals surface area (Å²) in [5, 5.41) is 7.20. The number of hydrogen-bond donors (Lipinski definition) is 1. The molecule has 1 aliphatic heterocycles. The molecule has 1 amide bonds. The molecule has 0 bridgehead atoms. The fraction of sp³-hybridized carbons (Fsp3) is 0.714. The Morgan fingerprint density at radius 2 is 2.05 bits per heavy atom. The number of carbonyl (C=O) groups excluding carboxylic acids is 1. The number of aromatic nitrogens is 2. The smallest absolute Gasteiger partial charge is 0.254 e. The van der Waals surface area contributed by atoms with Gasteiger partial charge in [-0.3, -0.25) is 9.48 Å². The first-order valence-corrected chi connectivity index (χ1v) is 7.17. The Hall–Kier alpha value is -1.40. The minimum absolute atomic E-state index is 0.0372. The van der Waals surface area contributed by atoms with Crippen molar-refractivity contribution in [2.45, 2.75) is 44.4 Å². The molecule has 0 unspecified atom stereocenters. The molecule has 0 radical (unpaired) electrons. The highest BCUT2D eigenvalue weighted by Crippen LogP contribution is 2.35. The lowest BCUT2D eigenvalue weighted by atomic mass is 9.90. The quantitative estimate of drug-likeness (QED) is 0.882. The second-order valence-electron chi connectivity index (χ2n) is 5.62. The van der Waals surface area contributed by atoms with E-state index in [9.17, 15) is 4.79 Å². The molecule has 1 saturated heterocycles. The summed E-state index contributed by atoms with van der Waals surface area (Å²) in [5.41, 5.74) is 1.54. The highest BCUT2D eigenvalue weighted by Gasteiger charge is 2.40. The van der Waals surface area contributed by atoms with Crippen LogP contribution in [0.1, 0.15) is 41.7 Å². The van der Waals surface area contributed by atoms with Crippen molar-refractivity contribution in [2.75, 3.05) is 13.2 Å². The second-order valence-corrected chi connectivity index (χ2v) is 5.62. The highest BCUT2D eigenvalue weighted by atomic mass is 16.7. The van der Waals surface area contributed by atoms with E-state index in [1.165, 1.54) is 0 Å². The van der Waals surface area contributed by atoms with Gasteiger partial charge < -0.3 is 14.8 Å². The summed E-state index contributed by atoms with van der Waals surface area (Å²) in [5.74, 6) is -0.407. The van der Waals surface area contributed by atoms with Crippen LogP contribution in [0.3, 0.4) is 0 Å². The van der Waals surface area contributed by atoms with E-state index in [-0.39, 0.29) is 17.7 Å². The van der Waals surface area contributed by atoms with Gasteiger partial charge in [0.15, 0.2) is 5.79 Å². The van der Waals surface area contributed by atoms with Crippen molar-refractivity contribution in [3.63, 3.8) is 0 Å². The summed E-state index contributed by atoms with van der Waals surface area (Å²) in [6.07, 6.45) is 5.11. The molecule has 1 aliphatic carbocycles. The second kappa shape index (κ2) is 5.18. The van der Waals surface area contributed by atoms with Gasteiger partial charge in [0.05, 0.1) is 25.0 Å².